The number of hydrogen-bond acceptors (Lipinski definition) is 5. The van der Waals surface area contributed by atoms with Crippen molar-refractivity contribution in [1.82, 2.24) is 15.3 Å². The lowest BCUT2D eigenvalue weighted by molar-refractivity contribution is 0.0940. The standard InChI is InChI=1S/C15H16ClN5O/c16-12-13(17)18-9-19-14(12)21-7-6-11(8-21)20-15(22)10-4-2-1-3-5-10/h1-5,9,11H,6-8H2,(H,20,22)(H2,17,18,19)/t11-/m0/s1. The number of hydrogen-bond donors (Lipinski definition) is 2. The van der Waals surface area contributed by atoms with Gasteiger partial charge in [-0.15, -0.1) is 0 Å². The maximum atomic E-state index is 12.2. The maximum Gasteiger partial charge on any atom is 0.251 e. The molecule has 1 aliphatic rings. The van der Waals surface area contributed by atoms with Gasteiger partial charge < -0.3 is 16.0 Å². The summed E-state index contributed by atoms with van der Waals surface area (Å²) in [7, 11) is 0. The molecule has 1 aliphatic heterocycles. The van der Waals surface area contributed by atoms with Gasteiger partial charge in [0.15, 0.2) is 5.82 Å². The lowest BCUT2D eigenvalue weighted by atomic mass is 10.2. The second kappa shape index (κ2) is 6.19. The summed E-state index contributed by atoms with van der Waals surface area (Å²) in [5, 5.41) is 3.39. The van der Waals surface area contributed by atoms with Crippen LogP contribution < -0.4 is 16.0 Å². The van der Waals surface area contributed by atoms with E-state index in [-0.39, 0.29) is 17.8 Å². The molecule has 114 valence electrons. The molecular formula is C15H16ClN5O. The van der Waals surface area contributed by atoms with E-state index in [1.165, 1.54) is 6.33 Å². The van der Waals surface area contributed by atoms with Crippen molar-refractivity contribution in [2.45, 2.75) is 12.5 Å². The average Bonchev–Trinajstić information content (AvgIpc) is 2.99. The molecule has 1 aromatic heterocycles. The maximum absolute atomic E-state index is 12.2. The smallest absolute Gasteiger partial charge is 0.251 e. The molecule has 7 heteroatoms. The highest BCUT2D eigenvalue weighted by atomic mass is 35.5. The largest absolute Gasteiger partial charge is 0.382 e. The van der Waals surface area contributed by atoms with E-state index < -0.39 is 0 Å². The van der Waals surface area contributed by atoms with Crippen LogP contribution in [0.5, 0.6) is 0 Å². The number of nitrogen functional groups attached to an aromatic ring is 1. The first-order valence-corrected chi connectivity index (χ1v) is 7.40. The number of benzene rings is 1. The van der Waals surface area contributed by atoms with Crippen LogP contribution in [0.3, 0.4) is 0 Å². The quantitative estimate of drug-likeness (QED) is 0.900. The lowest BCUT2D eigenvalue weighted by Gasteiger charge is -2.19. The molecular weight excluding hydrogens is 302 g/mol. The van der Waals surface area contributed by atoms with Gasteiger partial charge in [-0.05, 0) is 18.6 Å². The molecule has 3 rings (SSSR count). The van der Waals surface area contributed by atoms with Gasteiger partial charge in [0.25, 0.3) is 5.91 Å². The summed E-state index contributed by atoms with van der Waals surface area (Å²) in [6, 6.07) is 9.22. The Morgan fingerprint density at radius 2 is 2.09 bits per heavy atom. The van der Waals surface area contributed by atoms with Gasteiger partial charge in [0, 0.05) is 24.7 Å². The van der Waals surface area contributed by atoms with Crippen LogP contribution in [0.2, 0.25) is 5.02 Å². The molecule has 2 aromatic rings. The molecule has 1 aromatic carbocycles. The third kappa shape index (κ3) is 2.96. The van der Waals surface area contributed by atoms with Crippen LogP contribution in [0.4, 0.5) is 11.6 Å². The van der Waals surface area contributed by atoms with Crippen molar-refractivity contribution >= 4 is 29.1 Å². The number of rotatable bonds is 3. The number of anilines is 2. The van der Waals surface area contributed by atoms with E-state index in [1.807, 2.05) is 23.1 Å². The SMILES string of the molecule is Nc1ncnc(N2CC[C@H](NC(=O)c3ccccc3)C2)c1Cl. The molecule has 0 bridgehead atoms. The summed E-state index contributed by atoms with van der Waals surface area (Å²) < 4.78 is 0. The van der Waals surface area contributed by atoms with Gasteiger partial charge in [-0.3, -0.25) is 4.79 Å². The van der Waals surface area contributed by atoms with Crippen LogP contribution in [-0.4, -0.2) is 35.0 Å². The summed E-state index contributed by atoms with van der Waals surface area (Å²) in [6.07, 6.45) is 2.23. The van der Waals surface area contributed by atoms with Gasteiger partial charge >= 0.3 is 0 Å². The molecule has 1 saturated heterocycles. The zero-order chi connectivity index (χ0) is 15.5. The van der Waals surface area contributed by atoms with E-state index in [2.05, 4.69) is 15.3 Å². The van der Waals surface area contributed by atoms with Crippen LogP contribution in [-0.2, 0) is 0 Å². The molecule has 1 fully saturated rings. The Kier molecular flexibility index (Phi) is 4.11. The Hall–Kier alpha value is -2.34. The number of carbonyl (C=O) groups excluding carboxylic acids is 1. The average molecular weight is 318 g/mol. The number of nitrogens with zero attached hydrogens (tertiary/aromatic N) is 3. The predicted octanol–water partition coefficient (Wildman–Crippen LogP) is 1.72. The normalized spacial score (nSPS) is 17.5. The van der Waals surface area contributed by atoms with E-state index in [0.717, 1.165) is 13.0 Å². The highest BCUT2D eigenvalue weighted by Gasteiger charge is 2.27. The van der Waals surface area contributed by atoms with Crippen LogP contribution in [0.25, 0.3) is 0 Å². The van der Waals surface area contributed by atoms with Crippen molar-refractivity contribution in [3.8, 4) is 0 Å². The number of halogens is 1. The van der Waals surface area contributed by atoms with Crippen LogP contribution in [0.1, 0.15) is 16.8 Å². The van der Waals surface area contributed by atoms with Gasteiger partial charge in [-0.2, -0.15) is 0 Å². The predicted molar refractivity (Wildman–Crippen MR) is 86.0 cm³/mol. The number of nitrogens with one attached hydrogen (secondary N) is 1. The van der Waals surface area contributed by atoms with Crippen molar-refractivity contribution in [3.05, 3.63) is 47.2 Å². The minimum atomic E-state index is -0.0688. The number of amides is 1. The zero-order valence-corrected chi connectivity index (χ0v) is 12.6. The van der Waals surface area contributed by atoms with Crippen molar-refractivity contribution in [2.75, 3.05) is 23.7 Å². The first-order chi connectivity index (χ1) is 10.6. The molecule has 0 spiro atoms. The number of carbonyl (C=O) groups is 1. The first kappa shape index (κ1) is 14.6. The summed E-state index contributed by atoms with van der Waals surface area (Å²) in [5.41, 5.74) is 6.36. The van der Waals surface area contributed by atoms with Crippen molar-refractivity contribution < 1.29 is 4.79 Å². The number of nitrogens with two attached hydrogens (primary N) is 1. The van der Waals surface area contributed by atoms with Crippen LogP contribution >= 0.6 is 11.6 Å². The van der Waals surface area contributed by atoms with Gasteiger partial charge in [-0.25, -0.2) is 9.97 Å². The second-order valence-electron chi connectivity index (χ2n) is 5.17. The van der Waals surface area contributed by atoms with Crippen molar-refractivity contribution in [1.29, 1.82) is 0 Å². The summed E-state index contributed by atoms with van der Waals surface area (Å²) in [4.78, 5) is 22.2. The van der Waals surface area contributed by atoms with Gasteiger partial charge in [0.1, 0.15) is 17.2 Å². The summed E-state index contributed by atoms with van der Waals surface area (Å²) in [6.45, 7) is 1.41. The first-order valence-electron chi connectivity index (χ1n) is 7.02. The van der Waals surface area contributed by atoms with E-state index in [9.17, 15) is 4.79 Å². The second-order valence-corrected chi connectivity index (χ2v) is 5.55. The topological polar surface area (TPSA) is 84.1 Å². The van der Waals surface area contributed by atoms with Crippen molar-refractivity contribution in [3.63, 3.8) is 0 Å². The molecule has 0 aliphatic carbocycles. The highest BCUT2D eigenvalue weighted by molar-refractivity contribution is 6.35. The Labute approximate surface area is 133 Å². The van der Waals surface area contributed by atoms with Gasteiger partial charge in [-0.1, -0.05) is 29.8 Å². The fraction of sp³-hybridized carbons (Fsp3) is 0.267. The van der Waals surface area contributed by atoms with E-state index in [0.29, 0.717) is 22.9 Å². The van der Waals surface area contributed by atoms with E-state index in [1.54, 1.807) is 12.1 Å². The summed E-state index contributed by atoms with van der Waals surface area (Å²) >= 11 is 6.14. The fourth-order valence-electron chi connectivity index (χ4n) is 2.52. The number of aromatic nitrogens is 2. The Bertz CT molecular complexity index is 679. The lowest BCUT2D eigenvalue weighted by Crippen LogP contribution is -2.37. The molecule has 6 nitrogen and oxygen atoms in total. The third-order valence-electron chi connectivity index (χ3n) is 3.66. The van der Waals surface area contributed by atoms with E-state index >= 15 is 0 Å². The van der Waals surface area contributed by atoms with Crippen molar-refractivity contribution in [2.24, 2.45) is 0 Å². The van der Waals surface area contributed by atoms with Gasteiger partial charge in [0.05, 0.1) is 0 Å². The third-order valence-corrected chi connectivity index (χ3v) is 4.02. The molecule has 0 radical (unpaired) electrons. The Balaban J connectivity index is 1.65. The molecule has 1 atom stereocenters. The zero-order valence-electron chi connectivity index (χ0n) is 11.9. The minimum Gasteiger partial charge on any atom is -0.382 e. The Morgan fingerprint density at radius 1 is 1.32 bits per heavy atom. The Morgan fingerprint density at radius 3 is 2.86 bits per heavy atom. The van der Waals surface area contributed by atoms with Crippen LogP contribution in [0.15, 0.2) is 36.7 Å². The molecule has 22 heavy (non-hydrogen) atoms. The summed E-state index contributed by atoms with van der Waals surface area (Å²) in [5.74, 6) is 0.815. The molecule has 2 heterocycles. The monoisotopic (exact) mass is 317 g/mol. The molecule has 0 unspecified atom stereocenters. The molecule has 0 saturated carbocycles. The van der Waals surface area contributed by atoms with E-state index in [4.69, 9.17) is 17.3 Å². The molecule has 1 amide bonds. The molecule has 3 N–H and O–H groups in total. The fourth-order valence-corrected chi connectivity index (χ4v) is 2.74. The highest BCUT2D eigenvalue weighted by Crippen LogP contribution is 2.29. The minimum absolute atomic E-state index is 0.0555. The van der Waals surface area contributed by atoms with Crippen LogP contribution in [0, 0.1) is 0 Å². The van der Waals surface area contributed by atoms with Gasteiger partial charge in [0.2, 0.25) is 0 Å².